The van der Waals surface area contributed by atoms with Crippen molar-refractivity contribution in [2.24, 2.45) is 7.05 Å². The van der Waals surface area contributed by atoms with Crippen LogP contribution in [0.4, 0.5) is 5.95 Å². The molecule has 0 aliphatic carbocycles. The second kappa shape index (κ2) is 7.13. The van der Waals surface area contributed by atoms with Crippen LogP contribution in [0.3, 0.4) is 0 Å². The van der Waals surface area contributed by atoms with Gasteiger partial charge in [0.05, 0.1) is 6.42 Å². The molecule has 24 heavy (non-hydrogen) atoms. The summed E-state index contributed by atoms with van der Waals surface area (Å²) in [6.07, 6.45) is 2.43. The number of aromatic nitrogens is 3. The number of benzene rings is 1. The number of anilines is 1. The molecule has 2 heterocycles. The molecule has 0 saturated carbocycles. The van der Waals surface area contributed by atoms with Crippen LogP contribution in [0.5, 0.6) is 0 Å². The number of aryl methyl sites for hydroxylation is 3. The standard InChI is InChI=1S/C18H25N5O/c1-12-4-5-13(2)15(10-12)11-16(24)20-18-21-17(22-23(18)3)14-6-8-19-9-7-14/h4-5,10,14,19H,6-9,11H2,1-3H3,(H,20,21,22,24). The SMILES string of the molecule is Cc1ccc(C)c(CC(=O)Nc2nc(C3CCNCC3)nn2C)c1. The number of hydrogen-bond acceptors (Lipinski definition) is 4. The first-order valence-corrected chi connectivity index (χ1v) is 8.50. The maximum absolute atomic E-state index is 12.4. The van der Waals surface area contributed by atoms with Crippen LogP contribution in [0, 0.1) is 13.8 Å². The summed E-state index contributed by atoms with van der Waals surface area (Å²) in [5.74, 6) is 1.68. The van der Waals surface area contributed by atoms with Crippen molar-refractivity contribution in [3.8, 4) is 0 Å². The van der Waals surface area contributed by atoms with E-state index in [0.29, 0.717) is 18.3 Å². The molecule has 1 fully saturated rings. The van der Waals surface area contributed by atoms with Gasteiger partial charge < -0.3 is 5.32 Å². The Balaban J connectivity index is 1.68. The first kappa shape index (κ1) is 16.6. The summed E-state index contributed by atoms with van der Waals surface area (Å²) in [4.78, 5) is 16.9. The fourth-order valence-electron chi connectivity index (χ4n) is 3.10. The quantitative estimate of drug-likeness (QED) is 0.902. The van der Waals surface area contributed by atoms with E-state index in [1.165, 1.54) is 0 Å². The maximum atomic E-state index is 12.4. The molecule has 6 heteroatoms. The number of rotatable bonds is 4. The molecule has 1 aliphatic heterocycles. The zero-order chi connectivity index (χ0) is 17.1. The van der Waals surface area contributed by atoms with E-state index in [2.05, 4.69) is 38.9 Å². The van der Waals surface area contributed by atoms with Gasteiger partial charge in [0.15, 0.2) is 5.82 Å². The van der Waals surface area contributed by atoms with E-state index in [0.717, 1.165) is 48.4 Å². The van der Waals surface area contributed by atoms with E-state index in [9.17, 15) is 4.79 Å². The summed E-state index contributed by atoms with van der Waals surface area (Å²) in [5.41, 5.74) is 3.34. The first-order valence-electron chi connectivity index (χ1n) is 8.50. The lowest BCUT2D eigenvalue weighted by molar-refractivity contribution is -0.115. The molecule has 0 atom stereocenters. The number of nitrogens with one attached hydrogen (secondary N) is 2. The van der Waals surface area contributed by atoms with E-state index >= 15 is 0 Å². The minimum Gasteiger partial charge on any atom is -0.317 e. The van der Waals surface area contributed by atoms with Gasteiger partial charge in [0, 0.05) is 13.0 Å². The molecule has 0 unspecified atom stereocenters. The summed E-state index contributed by atoms with van der Waals surface area (Å²) >= 11 is 0. The Bertz CT molecular complexity index is 731. The average Bonchev–Trinajstić information content (AvgIpc) is 2.92. The number of carbonyl (C=O) groups is 1. The maximum Gasteiger partial charge on any atom is 0.231 e. The predicted octanol–water partition coefficient (Wildman–Crippen LogP) is 2.08. The number of hydrogen-bond donors (Lipinski definition) is 2. The largest absolute Gasteiger partial charge is 0.317 e. The minimum absolute atomic E-state index is 0.0592. The van der Waals surface area contributed by atoms with Crippen LogP contribution in [-0.4, -0.2) is 33.8 Å². The highest BCUT2D eigenvalue weighted by molar-refractivity contribution is 5.90. The number of amides is 1. The van der Waals surface area contributed by atoms with Gasteiger partial charge in [-0.05, 0) is 50.9 Å². The van der Waals surface area contributed by atoms with E-state index in [1.807, 2.05) is 20.9 Å². The smallest absolute Gasteiger partial charge is 0.231 e. The van der Waals surface area contributed by atoms with Gasteiger partial charge in [-0.15, -0.1) is 0 Å². The Morgan fingerprint density at radius 2 is 2.08 bits per heavy atom. The summed E-state index contributed by atoms with van der Waals surface area (Å²) in [5, 5.41) is 10.7. The molecule has 1 aliphatic rings. The summed E-state index contributed by atoms with van der Waals surface area (Å²) in [6.45, 7) is 6.06. The third kappa shape index (κ3) is 3.82. The normalized spacial score (nSPS) is 15.5. The average molecular weight is 327 g/mol. The molecule has 1 saturated heterocycles. The van der Waals surface area contributed by atoms with Crippen molar-refractivity contribution >= 4 is 11.9 Å². The Kier molecular flexibility index (Phi) is 4.94. The molecule has 128 valence electrons. The molecule has 0 spiro atoms. The third-order valence-electron chi connectivity index (χ3n) is 4.59. The van der Waals surface area contributed by atoms with Crippen LogP contribution < -0.4 is 10.6 Å². The van der Waals surface area contributed by atoms with Crippen molar-refractivity contribution in [3.05, 3.63) is 40.7 Å². The van der Waals surface area contributed by atoms with Gasteiger partial charge in [-0.25, -0.2) is 4.68 Å². The van der Waals surface area contributed by atoms with Gasteiger partial charge >= 0.3 is 0 Å². The Labute approximate surface area is 142 Å². The highest BCUT2D eigenvalue weighted by Crippen LogP contribution is 2.23. The van der Waals surface area contributed by atoms with Crippen LogP contribution in [0.15, 0.2) is 18.2 Å². The van der Waals surface area contributed by atoms with Crippen molar-refractivity contribution in [2.45, 2.75) is 39.0 Å². The molecule has 1 aromatic heterocycles. The van der Waals surface area contributed by atoms with Crippen LogP contribution in [0.1, 0.15) is 41.3 Å². The minimum atomic E-state index is -0.0592. The van der Waals surface area contributed by atoms with Crippen molar-refractivity contribution in [3.63, 3.8) is 0 Å². The highest BCUT2D eigenvalue weighted by atomic mass is 16.1. The van der Waals surface area contributed by atoms with Crippen LogP contribution >= 0.6 is 0 Å². The van der Waals surface area contributed by atoms with Gasteiger partial charge in [0.1, 0.15) is 0 Å². The van der Waals surface area contributed by atoms with Crippen LogP contribution in [-0.2, 0) is 18.3 Å². The Hall–Kier alpha value is -2.21. The lowest BCUT2D eigenvalue weighted by atomic mass is 9.98. The topological polar surface area (TPSA) is 71.8 Å². The van der Waals surface area contributed by atoms with E-state index in [1.54, 1.807) is 4.68 Å². The second-order valence-electron chi connectivity index (χ2n) is 6.60. The van der Waals surface area contributed by atoms with Crippen molar-refractivity contribution in [1.82, 2.24) is 20.1 Å². The molecular weight excluding hydrogens is 302 g/mol. The molecule has 2 aromatic rings. The zero-order valence-electron chi connectivity index (χ0n) is 14.6. The number of carbonyl (C=O) groups excluding carboxylic acids is 1. The van der Waals surface area contributed by atoms with Gasteiger partial charge in [-0.3, -0.25) is 10.1 Å². The Morgan fingerprint density at radius 1 is 1.33 bits per heavy atom. The first-order chi connectivity index (χ1) is 11.5. The van der Waals surface area contributed by atoms with Gasteiger partial charge in [-0.2, -0.15) is 10.1 Å². The molecule has 0 bridgehead atoms. The summed E-state index contributed by atoms with van der Waals surface area (Å²) < 4.78 is 1.67. The third-order valence-corrected chi connectivity index (χ3v) is 4.59. The van der Waals surface area contributed by atoms with E-state index in [-0.39, 0.29) is 5.91 Å². The highest BCUT2D eigenvalue weighted by Gasteiger charge is 2.21. The lowest BCUT2D eigenvalue weighted by Crippen LogP contribution is -2.27. The fraction of sp³-hybridized carbons (Fsp3) is 0.500. The second-order valence-corrected chi connectivity index (χ2v) is 6.60. The van der Waals surface area contributed by atoms with Crippen molar-refractivity contribution < 1.29 is 4.79 Å². The zero-order valence-corrected chi connectivity index (χ0v) is 14.6. The molecule has 2 N–H and O–H groups in total. The molecular formula is C18H25N5O. The summed E-state index contributed by atoms with van der Waals surface area (Å²) in [7, 11) is 1.82. The van der Waals surface area contributed by atoms with Gasteiger partial charge in [0.2, 0.25) is 11.9 Å². The van der Waals surface area contributed by atoms with Crippen LogP contribution in [0.2, 0.25) is 0 Å². The molecule has 3 rings (SSSR count). The van der Waals surface area contributed by atoms with E-state index in [4.69, 9.17) is 0 Å². The fourth-order valence-corrected chi connectivity index (χ4v) is 3.10. The number of nitrogens with zero attached hydrogens (tertiary/aromatic N) is 3. The predicted molar refractivity (Wildman–Crippen MR) is 94.1 cm³/mol. The van der Waals surface area contributed by atoms with Crippen LogP contribution in [0.25, 0.3) is 0 Å². The molecule has 1 amide bonds. The number of piperidine rings is 1. The van der Waals surface area contributed by atoms with Crippen molar-refractivity contribution in [2.75, 3.05) is 18.4 Å². The van der Waals surface area contributed by atoms with Crippen molar-refractivity contribution in [1.29, 1.82) is 0 Å². The molecule has 1 aromatic carbocycles. The van der Waals surface area contributed by atoms with Gasteiger partial charge in [-0.1, -0.05) is 23.8 Å². The molecule has 6 nitrogen and oxygen atoms in total. The Morgan fingerprint density at radius 3 is 2.83 bits per heavy atom. The molecule has 0 radical (unpaired) electrons. The lowest BCUT2D eigenvalue weighted by Gasteiger charge is -2.19. The van der Waals surface area contributed by atoms with E-state index < -0.39 is 0 Å². The summed E-state index contributed by atoms with van der Waals surface area (Å²) in [6, 6.07) is 6.17. The monoisotopic (exact) mass is 327 g/mol. The van der Waals surface area contributed by atoms with Gasteiger partial charge in [0.25, 0.3) is 0 Å².